The fourth-order valence-electron chi connectivity index (χ4n) is 2.86. The number of likely N-dealkylation sites (N-methyl/N-ethyl adjacent to an activating group) is 1. The molecule has 0 aliphatic heterocycles. The molecule has 2 aromatic carbocycles. The molecule has 0 radical (unpaired) electrons. The van der Waals surface area contributed by atoms with Crippen LogP contribution >= 0.6 is 11.3 Å². The quantitative estimate of drug-likeness (QED) is 0.567. The van der Waals surface area contributed by atoms with E-state index in [-0.39, 0.29) is 5.91 Å². The average molecular weight is 410 g/mol. The zero-order chi connectivity index (χ0) is 20.6. The van der Waals surface area contributed by atoms with Crippen molar-refractivity contribution in [3.8, 4) is 5.75 Å². The fourth-order valence-corrected chi connectivity index (χ4v) is 3.65. The molecule has 0 atom stereocenters. The van der Waals surface area contributed by atoms with Crippen LogP contribution in [0.15, 0.2) is 53.9 Å². The molecule has 3 aromatic rings. The van der Waals surface area contributed by atoms with Gasteiger partial charge < -0.3 is 10.1 Å². The summed E-state index contributed by atoms with van der Waals surface area (Å²) in [5, 5.41) is 5.76. The number of anilines is 1. The molecule has 1 amide bonds. The lowest BCUT2D eigenvalue weighted by molar-refractivity contribution is -0.115. The van der Waals surface area contributed by atoms with Gasteiger partial charge in [0, 0.05) is 24.2 Å². The minimum atomic E-state index is -0.0466. The third-order valence-corrected chi connectivity index (χ3v) is 5.31. The maximum atomic E-state index is 12.2. The van der Waals surface area contributed by atoms with Crippen molar-refractivity contribution in [2.24, 2.45) is 0 Å². The van der Waals surface area contributed by atoms with Crippen LogP contribution in [0.5, 0.6) is 5.75 Å². The number of ether oxygens (including phenoxy) is 1. The van der Waals surface area contributed by atoms with E-state index in [0.29, 0.717) is 13.0 Å². The van der Waals surface area contributed by atoms with E-state index in [1.165, 1.54) is 22.5 Å². The first kappa shape index (κ1) is 21.0. The molecule has 5 nitrogen and oxygen atoms in total. The van der Waals surface area contributed by atoms with E-state index in [1.54, 1.807) is 0 Å². The number of thiazole rings is 1. The smallest absolute Gasteiger partial charge is 0.231 e. The number of rotatable bonds is 9. The second kappa shape index (κ2) is 10.2. The summed E-state index contributed by atoms with van der Waals surface area (Å²) < 4.78 is 5.80. The topological polar surface area (TPSA) is 54.5 Å². The van der Waals surface area contributed by atoms with Crippen molar-refractivity contribution < 1.29 is 9.53 Å². The number of aryl methyl sites for hydroxylation is 2. The lowest BCUT2D eigenvalue weighted by atomic mass is 10.2. The van der Waals surface area contributed by atoms with Gasteiger partial charge in [0.15, 0.2) is 0 Å². The SMILES string of the molecule is Cc1ccc(NC(=O)Cc2nc(CN(C)CCOc3cccc(C)c3)cs2)cc1. The van der Waals surface area contributed by atoms with Gasteiger partial charge in [0.2, 0.25) is 5.91 Å². The van der Waals surface area contributed by atoms with Gasteiger partial charge in [-0.25, -0.2) is 4.98 Å². The van der Waals surface area contributed by atoms with Crippen LogP contribution in [0.2, 0.25) is 0 Å². The first-order chi connectivity index (χ1) is 14.0. The predicted molar refractivity (Wildman–Crippen MR) is 119 cm³/mol. The zero-order valence-electron chi connectivity index (χ0n) is 17.1. The number of carbonyl (C=O) groups is 1. The van der Waals surface area contributed by atoms with Crippen molar-refractivity contribution in [1.29, 1.82) is 0 Å². The fraction of sp³-hybridized carbons (Fsp3) is 0.304. The molecular formula is C23H27N3O2S. The highest BCUT2D eigenvalue weighted by Gasteiger charge is 2.10. The summed E-state index contributed by atoms with van der Waals surface area (Å²) >= 11 is 1.53. The summed E-state index contributed by atoms with van der Waals surface area (Å²) in [6.45, 7) is 6.23. The molecule has 152 valence electrons. The molecule has 1 N–H and O–H groups in total. The Balaban J connectivity index is 1.41. The monoisotopic (exact) mass is 409 g/mol. The van der Waals surface area contributed by atoms with Gasteiger partial charge in [0.05, 0.1) is 12.1 Å². The van der Waals surface area contributed by atoms with Gasteiger partial charge >= 0.3 is 0 Å². The first-order valence-electron chi connectivity index (χ1n) is 9.66. The number of aromatic nitrogens is 1. The Morgan fingerprint density at radius 1 is 1.14 bits per heavy atom. The van der Waals surface area contributed by atoms with E-state index in [9.17, 15) is 4.79 Å². The van der Waals surface area contributed by atoms with E-state index in [2.05, 4.69) is 28.2 Å². The summed E-state index contributed by atoms with van der Waals surface area (Å²) in [5.41, 5.74) is 4.15. The van der Waals surface area contributed by atoms with Crippen LogP contribution in [-0.2, 0) is 17.8 Å². The Bertz CT molecular complexity index is 937. The molecule has 1 heterocycles. The zero-order valence-corrected chi connectivity index (χ0v) is 18.0. The van der Waals surface area contributed by atoms with E-state index in [4.69, 9.17) is 4.74 Å². The molecule has 0 fully saturated rings. The molecule has 29 heavy (non-hydrogen) atoms. The number of hydrogen-bond donors (Lipinski definition) is 1. The van der Waals surface area contributed by atoms with Crippen molar-refractivity contribution in [2.75, 3.05) is 25.5 Å². The summed E-state index contributed by atoms with van der Waals surface area (Å²) in [4.78, 5) is 19.0. The number of nitrogens with one attached hydrogen (secondary N) is 1. The Labute approximate surface area is 176 Å². The van der Waals surface area contributed by atoms with Crippen LogP contribution in [0, 0.1) is 13.8 Å². The molecule has 0 unspecified atom stereocenters. The molecule has 0 aliphatic carbocycles. The van der Waals surface area contributed by atoms with Crippen LogP contribution in [0.1, 0.15) is 21.8 Å². The van der Waals surface area contributed by atoms with Crippen molar-refractivity contribution in [1.82, 2.24) is 9.88 Å². The lowest BCUT2D eigenvalue weighted by Crippen LogP contribution is -2.24. The van der Waals surface area contributed by atoms with Crippen molar-refractivity contribution in [3.63, 3.8) is 0 Å². The minimum Gasteiger partial charge on any atom is -0.492 e. The molecule has 0 aliphatic rings. The second-order valence-electron chi connectivity index (χ2n) is 7.23. The van der Waals surface area contributed by atoms with Gasteiger partial charge in [-0.3, -0.25) is 9.69 Å². The Kier molecular flexibility index (Phi) is 7.38. The van der Waals surface area contributed by atoms with Gasteiger partial charge in [0.25, 0.3) is 0 Å². The molecule has 0 bridgehead atoms. The van der Waals surface area contributed by atoms with Gasteiger partial charge in [-0.2, -0.15) is 0 Å². The van der Waals surface area contributed by atoms with Gasteiger partial charge in [-0.15, -0.1) is 11.3 Å². The maximum Gasteiger partial charge on any atom is 0.231 e. The maximum absolute atomic E-state index is 12.2. The van der Waals surface area contributed by atoms with Crippen LogP contribution in [0.3, 0.4) is 0 Å². The molecule has 0 spiro atoms. The summed E-state index contributed by atoms with van der Waals surface area (Å²) in [6, 6.07) is 15.9. The molecular weight excluding hydrogens is 382 g/mol. The Morgan fingerprint density at radius 3 is 2.69 bits per heavy atom. The van der Waals surface area contributed by atoms with E-state index in [0.717, 1.165) is 35.2 Å². The Morgan fingerprint density at radius 2 is 1.93 bits per heavy atom. The number of benzene rings is 2. The molecule has 0 saturated heterocycles. The highest BCUT2D eigenvalue weighted by atomic mass is 32.1. The van der Waals surface area contributed by atoms with E-state index >= 15 is 0 Å². The molecule has 1 aromatic heterocycles. The Hall–Kier alpha value is -2.70. The number of hydrogen-bond acceptors (Lipinski definition) is 5. The van der Waals surface area contributed by atoms with Crippen LogP contribution in [-0.4, -0.2) is 36.0 Å². The molecule has 0 saturated carbocycles. The summed E-state index contributed by atoms with van der Waals surface area (Å²) in [7, 11) is 2.04. The normalized spacial score (nSPS) is 10.9. The minimum absolute atomic E-state index is 0.0466. The number of amides is 1. The third kappa shape index (κ3) is 7.00. The standard InChI is InChI=1S/C23H27N3O2S/c1-17-7-9-19(10-8-17)24-22(27)14-23-25-20(16-29-23)15-26(3)11-12-28-21-6-4-5-18(2)13-21/h4-10,13,16H,11-12,14-15H2,1-3H3,(H,24,27). The predicted octanol–water partition coefficient (Wildman–Crippen LogP) is 4.45. The molecule has 3 rings (SSSR count). The highest BCUT2D eigenvalue weighted by Crippen LogP contribution is 2.15. The first-order valence-corrected chi connectivity index (χ1v) is 10.5. The van der Waals surface area contributed by atoms with Gasteiger partial charge in [-0.1, -0.05) is 29.8 Å². The van der Waals surface area contributed by atoms with Gasteiger partial charge in [0.1, 0.15) is 17.4 Å². The van der Waals surface area contributed by atoms with Gasteiger partial charge in [-0.05, 0) is 50.7 Å². The van der Waals surface area contributed by atoms with Crippen molar-refractivity contribution in [2.45, 2.75) is 26.8 Å². The van der Waals surface area contributed by atoms with Crippen molar-refractivity contribution >= 4 is 22.9 Å². The highest BCUT2D eigenvalue weighted by molar-refractivity contribution is 7.09. The lowest BCUT2D eigenvalue weighted by Gasteiger charge is -2.15. The second-order valence-corrected chi connectivity index (χ2v) is 8.17. The third-order valence-electron chi connectivity index (χ3n) is 4.41. The molecule has 6 heteroatoms. The largest absolute Gasteiger partial charge is 0.492 e. The van der Waals surface area contributed by atoms with Crippen LogP contribution in [0.25, 0.3) is 0 Å². The van der Waals surface area contributed by atoms with Crippen LogP contribution < -0.4 is 10.1 Å². The van der Waals surface area contributed by atoms with Crippen molar-refractivity contribution in [3.05, 3.63) is 75.7 Å². The number of nitrogens with zero attached hydrogens (tertiary/aromatic N) is 2. The van der Waals surface area contributed by atoms with Crippen LogP contribution in [0.4, 0.5) is 5.69 Å². The van der Waals surface area contributed by atoms with E-state index in [1.807, 2.05) is 61.8 Å². The summed E-state index contributed by atoms with van der Waals surface area (Å²) in [6.07, 6.45) is 0.290. The van der Waals surface area contributed by atoms with E-state index < -0.39 is 0 Å². The summed E-state index contributed by atoms with van der Waals surface area (Å²) in [5.74, 6) is 0.851. The average Bonchev–Trinajstić information content (AvgIpc) is 3.10. The number of carbonyl (C=O) groups excluding carboxylic acids is 1.